The lowest BCUT2D eigenvalue weighted by atomic mass is 10.2. The Hall–Kier alpha value is -2.17. The molecule has 28 heavy (non-hydrogen) atoms. The summed E-state index contributed by atoms with van der Waals surface area (Å²) < 4.78 is 42.4. The predicted molar refractivity (Wildman–Crippen MR) is 101 cm³/mol. The van der Waals surface area contributed by atoms with Gasteiger partial charge in [-0.2, -0.15) is 4.31 Å². The van der Waals surface area contributed by atoms with Crippen LogP contribution in [0.4, 0.5) is 0 Å². The molecule has 9 nitrogen and oxygen atoms in total. The van der Waals surface area contributed by atoms with Gasteiger partial charge in [-0.25, -0.2) is 13.2 Å². The highest BCUT2D eigenvalue weighted by Crippen LogP contribution is 2.25. The lowest BCUT2D eigenvalue weighted by molar-refractivity contribution is -0.134. The van der Waals surface area contributed by atoms with Crippen LogP contribution in [0.15, 0.2) is 23.1 Å². The second-order valence-electron chi connectivity index (χ2n) is 6.02. The Balaban J connectivity index is 2.22. The first-order valence-corrected chi connectivity index (χ1v) is 10.5. The van der Waals surface area contributed by atoms with Crippen molar-refractivity contribution in [1.82, 2.24) is 9.21 Å². The van der Waals surface area contributed by atoms with E-state index in [0.717, 1.165) is 0 Å². The van der Waals surface area contributed by atoms with Crippen molar-refractivity contribution in [3.63, 3.8) is 0 Å². The zero-order chi connectivity index (χ0) is 20.7. The molecule has 1 heterocycles. The van der Waals surface area contributed by atoms with E-state index in [1.54, 1.807) is 0 Å². The van der Waals surface area contributed by atoms with Gasteiger partial charge in [0.15, 0.2) is 6.61 Å². The number of esters is 1. The van der Waals surface area contributed by atoms with Crippen molar-refractivity contribution in [3.05, 3.63) is 23.8 Å². The minimum absolute atomic E-state index is 0.0442. The topological polar surface area (TPSA) is 102 Å². The molecule has 156 valence electrons. The molecule has 1 amide bonds. The summed E-state index contributed by atoms with van der Waals surface area (Å²) in [4.78, 5) is 26.0. The molecule has 0 spiro atoms. The summed E-state index contributed by atoms with van der Waals surface area (Å²) in [5.74, 6) is -0.980. The van der Waals surface area contributed by atoms with E-state index < -0.39 is 22.6 Å². The van der Waals surface area contributed by atoms with Crippen molar-refractivity contribution < 1.29 is 32.2 Å². The largest absolute Gasteiger partial charge is 0.496 e. The molecule has 0 saturated carbocycles. The number of rotatable bonds is 8. The van der Waals surface area contributed by atoms with E-state index >= 15 is 0 Å². The van der Waals surface area contributed by atoms with Gasteiger partial charge in [-0.1, -0.05) is 0 Å². The fraction of sp³-hybridized carbons (Fsp3) is 0.556. The van der Waals surface area contributed by atoms with E-state index in [9.17, 15) is 18.0 Å². The molecule has 0 atom stereocenters. The molecule has 0 radical (unpaired) electrons. The molecule has 0 aromatic heterocycles. The highest BCUT2D eigenvalue weighted by atomic mass is 32.2. The minimum Gasteiger partial charge on any atom is -0.496 e. The Bertz CT molecular complexity index is 800. The fourth-order valence-electron chi connectivity index (χ4n) is 2.82. The maximum absolute atomic E-state index is 12.8. The van der Waals surface area contributed by atoms with Crippen molar-refractivity contribution in [3.8, 4) is 5.75 Å². The Morgan fingerprint density at radius 3 is 2.39 bits per heavy atom. The van der Waals surface area contributed by atoms with Gasteiger partial charge in [0.05, 0.1) is 25.2 Å². The molecule has 10 heteroatoms. The van der Waals surface area contributed by atoms with E-state index in [2.05, 4.69) is 0 Å². The van der Waals surface area contributed by atoms with Crippen LogP contribution in [0, 0.1) is 0 Å². The third-order valence-electron chi connectivity index (χ3n) is 4.44. The number of morpholine rings is 1. The number of benzene rings is 1. The van der Waals surface area contributed by atoms with Gasteiger partial charge in [-0.3, -0.25) is 4.79 Å². The predicted octanol–water partition coefficient (Wildman–Crippen LogP) is 0.741. The van der Waals surface area contributed by atoms with Crippen LogP contribution in [-0.2, 0) is 24.3 Å². The number of amides is 1. The number of ether oxygens (including phenoxy) is 3. The van der Waals surface area contributed by atoms with Gasteiger partial charge in [0.25, 0.3) is 5.91 Å². The smallest absolute Gasteiger partial charge is 0.342 e. The average molecular weight is 414 g/mol. The molecule has 1 aliphatic heterocycles. The molecule has 0 unspecified atom stereocenters. The maximum atomic E-state index is 12.8. The van der Waals surface area contributed by atoms with Gasteiger partial charge in [0.1, 0.15) is 11.3 Å². The number of sulfonamides is 1. The lowest BCUT2D eigenvalue weighted by Crippen LogP contribution is -2.40. The highest BCUT2D eigenvalue weighted by molar-refractivity contribution is 7.89. The van der Waals surface area contributed by atoms with Gasteiger partial charge in [-0.15, -0.1) is 0 Å². The Labute approximate surface area is 165 Å². The average Bonchev–Trinajstić information content (AvgIpc) is 2.73. The van der Waals surface area contributed by atoms with E-state index in [-0.39, 0.29) is 35.2 Å². The third kappa shape index (κ3) is 5.00. The highest BCUT2D eigenvalue weighted by Gasteiger charge is 2.28. The first-order chi connectivity index (χ1) is 13.3. The molecule has 1 saturated heterocycles. The second kappa shape index (κ2) is 9.85. The standard InChI is InChI=1S/C18H26N2O7S/c1-4-19(5-2)17(21)13-27-18(22)15-12-14(6-7-16(15)25-3)28(23,24)20-8-10-26-11-9-20/h6-7,12H,4-5,8-11,13H2,1-3H3. The van der Waals surface area contributed by atoms with E-state index in [0.29, 0.717) is 26.3 Å². The fourth-order valence-corrected chi connectivity index (χ4v) is 4.25. The van der Waals surface area contributed by atoms with Crippen molar-refractivity contribution in [1.29, 1.82) is 0 Å². The molecule has 0 bridgehead atoms. The van der Waals surface area contributed by atoms with Gasteiger partial charge in [-0.05, 0) is 32.0 Å². The molecule has 1 fully saturated rings. The summed E-state index contributed by atoms with van der Waals surface area (Å²) in [6.07, 6.45) is 0. The van der Waals surface area contributed by atoms with E-state index in [1.165, 1.54) is 34.5 Å². The van der Waals surface area contributed by atoms with Crippen LogP contribution in [-0.4, -0.2) is 82.6 Å². The normalized spacial score (nSPS) is 15.1. The third-order valence-corrected chi connectivity index (χ3v) is 6.34. The summed E-state index contributed by atoms with van der Waals surface area (Å²) in [6.45, 7) is 5.35. The van der Waals surface area contributed by atoms with E-state index in [1.807, 2.05) is 13.8 Å². The quantitative estimate of drug-likeness (QED) is 0.578. The van der Waals surface area contributed by atoms with E-state index in [4.69, 9.17) is 14.2 Å². The number of methoxy groups -OCH3 is 1. The Kier molecular flexibility index (Phi) is 7.78. The van der Waals surface area contributed by atoms with Gasteiger partial charge in [0, 0.05) is 26.2 Å². The monoisotopic (exact) mass is 414 g/mol. The summed E-state index contributed by atoms with van der Waals surface area (Å²) in [6, 6.07) is 3.99. The Morgan fingerprint density at radius 1 is 1.18 bits per heavy atom. The number of nitrogens with zero attached hydrogens (tertiary/aromatic N) is 2. The molecular weight excluding hydrogens is 388 g/mol. The summed E-state index contributed by atoms with van der Waals surface area (Å²) in [7, 11) is -2.42. The zero-order valence-corrected chi connectivity index (χ0v) is 17.2. The molecule has 1 aliphatic rings. The number of hydrogen-bond acceptors (Lipinski definition) is 7. The number of likely N-dealkylation sites (N-methyl/N-ethyl adjacent to an activating group) is 1. The first-order valence-electron chi connectivity index (χ1n) is 9.06. The zero-order valence-electron chi connectivity index (χ0n) is 16.3. The number of carbonyl (C=O) groups excluding carboxylic acids is 2. The van der Waals surface area contributed by atoms with Gasteiger partial charge < -0.3 is 19.1 Å². The van der Waals surface area contributed by atoms with Crippen LogP contribution in [0.2, 0.25) is 0 Å². The minimum atomic E-state index is -3.78. The van der Waals surface area contributed by atoms with Crippen LogP contribution in [0.3, 0.4) is 0 Å². The van der Waals surface area contributed by atoms with Crippen molar-refractivity contribution in [2.45, 2.75) is 18.7 Å². The van der Waals surface area contributed by atoms with Gasteiger partial charge in [0.2, 0.25) is 10.0 Å². The summed E-state index contributed by atoms with van der Waals surface area (Å²) >= 11 is 0. The van der Waals surface area contributed by atoms with Crippen molar-refractivity contribution in [2.24, 2.45) is 0 Å². The molecule has 0 N–H and O–H groups in total. The lowest BCUT2D eigenvalue weighted by Gasteiger charge is -2.26. The van der Waals surface area contributed by atoms with Crippen LogP contribution in [0.1, 0.15) is 24.2 Å². The van der Waals surface area contributed by atoms with Gasteiger partial charge >= 0.3 is 5.97 Å². The molecule has 2 rings (SSSR count). The van der Waals surface area contributed by atoms with Crippen LogP contribution in [0.5, 0.6) is 5.75 Å². The molecular formula is C18H26N2O7S. The number of hydrogen-bond donors (Lipinski definition) is 0. The molecule has 0 aliphatic carbocycles. The molecule has 1 aromatic carbocycles. The maximum Gasteiger partial charge on any atom is 0.342 e. The Morgan fingerprint density at radius 2 is 1.82 bits per heavy atom. The number of carbonyl (C=O) groups is 2. The SMILES string of the molecule is CCN(CC)C(=O)COC(=O)c1cc(S(=O)(=O)N2CCOCC2)ccc1OC. The van der Waals surface area contributed by atoms with Crippen LogP contribution in [0.25, 0.3) is 0 Å². The van der Waals surface area contributed by atoms with Crippen LogP contribution < -0.4 is 4.74 Å². The second-order valence-corrected chi connectivity index (χ2v) is 7.96. The molecule has 1 aromatic rings. The van der Waals surface area contributed by atoms with Crippen molar-refractivity contribution >= 4 is 21.9 Å². The first kappa shape index (κ1) is 22.1. The van der Waals surface area contributed by atoms with Crippen molar-refractivity contribution in [2.75, 3.05) is 53.1 Å². The van der Waals surface area contributed by atoms with Crippen LogP contribution >= 0.6 is 0 Å². The summed E-state index contributed by atoms with van der Waals surface area (Å²) in [5, 5.41) is 0. The summed E-state index contributed by atoms with van der Waals surface area (Å²) in [5.41, 5.74) is -0.0517.